The second kappa shape index (κ2) is 10.5. The van der Waals surface area contributed by atoms with Crippen molar-refractivity contribution in [1.82, 2.24) is 14.8 Å². The summed E-state index contributed by atoms with van der Waals surface area (Å²) in [6, 6.07) is 11.0. The summed E-state index contributed by atoms with van der Waals surface area (Å²) in [6.07, 6.45) is 1.88. The Balaban J connectivity index is 1.76. The number of hydrogen-bond donors (Lipinski definition) is 0. The Labute approximate surface area is 184 Å². The quantitative estimate of drug-likeness (QED) is 0.297. The Hall–Kier alpha value is -2.45. The number of halogens is 1. The molecular formula is C21H24ClN3O4S. The van der Waals surface area contributed by atoms with Crippen LogP contribution >= 0.6 is 23.4 Å². The smallest absolute Gasteiger partial charge is 0.373 e. The second-order valence-electron chi connectivity index (χ2n) is 6.50. The zero-order valence-corrected chi connectivity index (χ0v) is 18.7. The molecule has 2 heterocycles. The van der Waals surface area contributed by atoms with Gasteiger partial charge < -0.3 is 18.5 Å². The van der Waals surface area contributed by atoms with Gasteiger partial charge in [0.15, 0.2) is 11.0 Å². The van der Waals surface area contributed by atoms with E-state index in [0.717, 1.165) is 23.8 Å². The predicted molar refractivity (Wildman–Crippen MR) is 115 cm³/mol. The van der Waals surface area contributed by atoms with Gasteiger partial charge in [0.2, 0.25) is 5.76 Å². The minimum absolute atomic E-state index is 0.184. The Bertz CT molecular complexity index is 984. The van der Waals surface area contributed by atoms with Crippen LogP contribution in [0.2, 0.25) is 5.02 Å². The average Bonchev–Trinajstić information content (AvgIpc) is 3.39. The van der Waals surface area contributed by atoms with Gasteiger partial charge in [-0.3, -0.25) is 0 Å². The van der Waals surface area contributed by atoms with Crippen LogP contribution in [-0.2, 0) is 17.1 Å². The molecule has 0 atom stereocenters. The number of para-hydroxylation sites is 1. The van der Waals surface area contributed by atoms with Gasteiger partial charge in [0.25, 0.3) is 0 Å². The number of thioether (sulfide) groups is 1. The molecule has 160 valence electrons. The highest BCUT2D eigenvalue weighted by Crippen LogP contribution is 2.30. The molecule has 2 aromatic heterocycles. The molecular weight excluding hydrogens is 426 g/mol. The monoisotopic (exact) mass is 449 g/mol. The van der Waals surface area contributed by atoms with E-state index in [4.69, 9.17) is 20.8 Å². The summed E-state index contributed by atoms with van der Waals surface area (Å²) < 4.78 is 18.2. The molecule has 9 heteroatoms. The molecule has 0 unspecified atom stereocenters. The van der Waals surface area contributed by atoms with Crippen LogP contribution in [0.1, 0.15) is 54.9 Å². The van der Waals surface area contributed by atoms with Gasteiger partial charge in [-0.1, -0.05) is 49.3 Å². The molecule has 7 nitrogen and oxygen atoms in total. The molecule has 3 aromatic rings. The highest BCUT2D eigenvalue weighted by atomic mass is 35.5. The van der Waals surface area contributed by atoms with E-state index in [1.54, 1.807) is 18.2 Å². The van der Waals surface area contributed by atoms with Crippen molar-refractivity contribution in [3.63, 3.8) is 0 Å². The number of ether oxygens (including phenoxy) is 2. The Morgan fingerprint density at radius 1 is 1.20 bits per heavy atom. The number of benzene rings is 1. The van der Waals surface area contributed by atoms with Crippen molar-refractivity contribution in [3.05, 3.63) is 58.8 Å². The lowest BCUT2D eigenvalue weighted by molar-refractivity contribution is 0.0563. The van der Waals surface area contributed by atoms with Gasteiger partial charge in [-0.05, 0) is 37.1 Å². The highest BCUT2D eigenvalue weighted by molar-refractivity contribution is 7.98. The molecule has 0 radical (unpaired) electrons. The molecule has 0 fully saturated rings. The minimum Gasteiger partial charge on any atom is -0.484 e. The van der Waals surface area contributed by atoms with Crippen molar-refractivity contribution >= 4 is 29.3 Å². The van der Waals surface area contributed by atoms with Crippen LogP contribution < -0.4 is 4.74 Å². The lowest BCUT2D eigenvalue weighted by Crippen LogP contribution is -2.14. The molecule has 0 spiro atoms. The summed E-state index contributed by atoms with van der Waals surface area (Å²) in [5.41, 5.74) is 0. The van der Waals surface area contributed by atoms with Gasteiger partial charge in [0.05, 0.1) is 17.9 Å². The second-order valence-corrected chi connectivity index (χ2v) is 7.85. The molecule has 3 rings (SSSR count). The van der Waals surface area contributed by atoms with Crippen LogP contribution in [0.25, 0.3) is 0 Å². The summed E-state index contributed by atoms with van der Waals surface area (Å²) in [4.78, 5) is 11.6. The van der Waals surface area contributed by atoms with Gasteiger partial charge in [0, 0.05) is 6.04 Å². The normalized spacial score (nSPS) is 11.1. The Morgan fingerprint density at radius 3 is 2.67 bits per heavy atom. The minimum atomic E-state index is -0.495. The third-order valence-corrected chi connectivity index (χ3v) is 5.91. The molecule has 30 heavy (non-hydrogen) atoms. The topological polar surface area (TPSA) is 79.4 Å². The van der Waals surface area contributed by atoms with E-state index in [-0.39, 0.29) is 18.4 Å². The maximum atomic E-state index is 11.6. The molecule has 0 aliphatic carbocycles. The number of methoxy groups -OCH3 is 1. The number of hydrogen-bond acceptors (Lipinski definition) is 7. The first kappa shape index (κ1) is 22.2. The first-order valence-corrected chi connectivity index (χ1v) is 11.0. The fourth-order valence-electron chi connectivity index (χ4n) is 3.03. The van der Waals surface area contributed by atoms with Crippen LogP contribution in [0.15, 0.2) is 46.0 Å². The number of nitrogens with zero attached hydrogens (tertiary/aromatic N) is 3. The van der Waals surface area contributed by atoms with E-state index in [0.29, 0.717) is 22.3 Å². The van der Waals surface area contributed by atoms with Crippen molar-refractivity contribution in [1.29, 1.82) is 0 Å². The standard InChI is InChI=1S/C21H24ClN3O4S/c1-4-14(5-2)25-19(12-28-17-9-7-6-8-16(17)22)23-24-21(25)30-13-15-10-11-18(29-15)20(26)27-3/h6-11,14H,4-5,12-13H2,1-3H3. The van der Waals surface area contributed by atoms with Crippen molar-refractivity contribution in [2.75, 3.05) is 7.11 Å². The molecule has 0 amide bonds. The number of aromatic nitrogens is 3. The maximum Gasteiger partial charge on any atom is 0.373 e. The molecule has 0 bridgehead atoms. The summed E-state index contributed by atoms with van der Waals surface area (Å²) in [5.74, 6) is 2.21. The molecule has 0 saturated heterocycles. The fraction of sp³-hybridized carbons (Fsp3) is 0.381. The fourth-order valence-corrected chi connectivity index (χ4v) is 4.14. The lowest BCUT2D eigenvalue weighted by Gasteiger charge is -2.19. The third-order valence-electron chi connectivity index (χ3n) is 4.63. The van der Waals surface area contributed by atoms with Crippen LogP contribution in [0.3, 0.4) is 0 Å². The number of rotatable bonds is 10. The molecule has 0 N–H and O–H groups in total. The largest absolute Gasteiger partial charge is 0.484 e. The molecule has 0 saturated carbocycles. The summed E-state index contributed by atoms with van der Waals surface area (Å²) in [5, 5.41) is 10.1. The Kier molecular flexibility index (Phi) is 7.81. The van der Waals surface area contributed by atoms with Crippen molar-refractivity contribution < 1.29 is 18.7 Å². The molecule has 0 aliphatic heterocycles. The molecule has 0 aliphatic rings. The zero-order chi connectivity index (χ0) is 21.5. The summed E-state index contributed by atoms with van der Waals surface area (Å²) in [7, 11) is 1.32. The van der Waals surface area contributed by atoms with E-state index >= 15 is 0 Å². The van der Waals surface area contributed by atoms with Crippen LogP contribution in [-0.4, -0.2) is 27.8 Å². The van der Waals surface area contributed by atoms with Crippen LogP contribution in [0.5, 0.6) is 5.75 Å². The number of carbonyl (C=O) groups is 1. The first-order valence-electron chi connectivity index (χ1n) is 9.68. The number of esters is 1. The summed E-state index contributed by atoms with van der Waals surface area (Å²) >= 11 is 7.69. The third kappa shape index (κ3) is 5.17. The first-order chi connectivity index (χ1) is 14.6. The van der Waals surface area contributed by atoms with Crippen molar-refractivity contribution in [2.45, 2.75) is 50.2 Å². The Morgan fingerprint density at radius 2 is 1.97 bits per heavy atom. The average molecular weight is 450 g/mol. The van der Waals surface area contributed by atoms with E-state index in [1.807, 2.05) is 18.2 Å². The number of furan rings is 1. The van der Waals surface area contributed by atoms with Gasteiger partial charge in [-0.15, -0.1) is 10.2 Å². The van der Waals surface area contributed by atoms with Crippen molar-refractivity contribution in [2.24, 2.45) is 0 Å². The predicted octanol–water partition coefficient (Wildman–Crippen LogP) is 5.54. The van der Waals surface area contributed by atoms with E-state index in [1.165, 1.54) is 18.9 Å². The van der Waals surface area contributed by atoms with Crippen LogP contribution in [0, 0.1) is 0 Å². The van der Waals surface area contributed by atoms with E-state index in [2.05, 4.69) is 33.3 Å². The van der Waals surface area contributed by atoms with E-state index < -0.39 is 5.97 Å². The van der Waals surface area contributed by atoms with Gasteiger partial charge in [-0.2, -0.15) is 0 Å². The van der Waals surface area contributed by atoms with Gasteiger partial charge in [0.1, 0.15) is 18.1 Å². The maximum absolute atomic E-state index is 11.6. The van der Waals surface area contributed by atoms with Crippen molar-refractivity contribution in [3.8, 4) is 5.75 Å². The SMILES string of the molecule is CCC(CC)n1c(COc2ccccc2Cl)nnc1SCc1ccc(C(=O)OC)o1. The lowest BCUT2D eigenvalue weighted by atomic mass is 10.2. The van der Waals surface area contributed by atoms with Crippen LogP contribution in [0.4, 0.5) is 0 Å². The highest BCUT2D eigenvalue weighted by Gasteiger charge is 2.20. The number of carbonyl (C=O) groups excluding carboxylic acids is 1. The van der Waals surface area contributed by atoms with E-state index in [9.17, 15) is 4.79 Å². The molecule has 1 aromatic carbocycles. The van der Waals surface area contributed by atoms with Gasteiger partial charge in [-0.25, -0.2) is 4.79 Å². The summed E-state index contributed by atoms with van der Waals surface area (Å²) in [6.45, 7) is 4.54. The van der Waals surface area contributed by atoms with Gasteiger partial charge >= 0.3 is 5.97 Å². The zero-order valence-electron chi connectivity index (χ0n) is 17.1.